The van der Waals surface area contributed by atoms with Crippen LogP contribution in [0.2, 0.25) is 0 Å². The number of aliphatic hydroxyl groups is 2. The summed E-state index contributed by atoms with van der Waals surface area (Å²) in [5.41, 5.74) is -0.155. The van der Waals surface area contributed by atoms with Crippen molar-refractivity contribution in [3.63, 3.8) is 0 Å². The van der Waals surface area contributed by atoms with E-state index in [0.717, 1.165) is 4.90 Å². The summed E-state index contributed by atoms with van der Waals surface area (Å²) >= 11 is 5.47. The number of hydrogen-bond acceptors (Lipinski definition) is 4. The van der Waals surface area contributed by atoms with Crippen molar-refractivity contribution in [2.45, 2.75) is 6.10 Å². The van der Waals surface area contributed by atoms with E-state index in [0.29, 0.717) is 4.42 Å². The van der Waals surface area contributed by atoms with Gasteiger partial charge in [0, 0.05) is 18.3 Å². The highest BCUT2D eigenvalue weighted by Gasteiger charge is 2.33. The minimum atomic E-state index is -1.07. The zero-order valence-electron chi connectivity index (χ0n) is 7.89. The molecule has 0 saturated carbocycles. The minimum absolute atomic E-state index is 0.120. The molecule has 84 valence electrons. The first-order chi connectivity index (χ1) is 6.97. The van der Waals surface area contributed by atoms with Crippen molar-refractivity contribution >= 4 is 23.6 Å². The van der Waals surface area contributed by atoms with E-state index in [1.165, 1.54) is 0 Å². The number of hydrogen-bond donors (Lipinski definition) is 2. The first kappa shape index (κ1) is 12.0. The van der Waals surface area contributed by atoms with Gasteiger partial charge in [-0.25, -0.2) is 4.42 Å². The molecule has 6 nitrogen and oxygen atoms in total. The van der Waals surface area contributed by atoms with Gasteiger partial charge in [-0.2, -0.15) is 0 Å². The smallest absolute Gasteiger partial charge is 0.271 e. The van der Waals surface area contributed by atoms with Crippen molar-refractivity contribution in [1.29, 1.82) is 0 Å². The second kappa shape index (κ2) is 4.61. The summed E-state index contributed by atoms with van der Waals surface area (Å²) in [4.78, 5) is 23.8. The quantitative estimate of drug-likeness (QED) is 0.469. The van der Waals surface area contributed by atoms with E-state index >= 15 is 0 Å². The maximum Gasteiger partial charge on any atom is 0.271 e. The number of β-amino-alcohol motifs (C(OH)–C–C–N with tert-alkyl or cyclic N) is 1. The molecule has 7 heteroatoms. The Labute approximate surface area is 91.4 Å². The van der Waals surface area contributed by atoms with Crippen LogP contribution in [0.25, 0.3) is 0 Å². The van der Waals surface area contributed by atoms with Gasteiger partial charge in [0.1, 0.15) is 12.2 Å². The molecule has 2 amide bonds. The van der Waals surface area contributed by atoms with Gasteiger partial charge in [-0.05, 0) is 0 Å². The maximum absolute atomic E-state index is 11.5. The zero-order valence-corrected chi connectivity index (χ0v) is 8.65. The van der Waals surface area contributed by atoms with Crippen LogP contribution in [0.1, 0.15) is 0 Å². The fraction of sp³-hybridized carbons (Fsp3) is 0.500. The first-order valence-corrected chi connectivity index (χ1v) is 4.57. The number of carbonyl (C=O) groups is 2. The van der Waals surface area contributed by atoms with Gasteiger partial charge in [-0.1, -0.05) is 6.58 Å². The van der Waals surface area contributed by atoms with E-state index in [4.69, 9.17) is 22.0 Å². The number of amides is 2. The lowest BCUT2D eigenvalue weighted by Gasteiger charge is -2.32. The van der Waals surface area contributed by atoms with E-state index in [2.05, 4.69) is 6.58 Å². The highest BCUT2D eigenvalue weighted by atomic mass is 35.5. The number of carbonyl (C=O) groups excluding carboxylic acids is 2. The lowest BCUT2D eigenvalue weighted by molar-refractivity contribution is -0.143. The van der Waals surface area contributed by atoms with Crippen molar-refractivity contribution in [1.82, 2.24) is 9.32 Å². The predicted octanol–water partition coefficient (Wildman–Crippen LogP) is -1.32. The number of rotatable bonds is 3. The lowest BCUT2D eigenvalue weighted by Crippen LogP contribution is -2.51. The molecule has 1 rings (SSSR count). The second-order valence-electron chi connectivity index (χ2n) is 3.14. The zero-order chi connectivity index (χ0) is 11.6. The van der Waals surface area contributed by atoms with Crippen LogP contribution in [0.3, 0.4) is 0 Å². The topological polar surface area (TPSA) is 81.1 Å². The van der Waals surface area contributed by atoms with Crippen LogP contribution in [-0.4, -0.2) is 57.1 Å². The molecule has 1 aliphatic heterocycles. The summed E-state index contributed by atoms with van der Waals surface area (Å²) in [6, 6.07) is 0. The van der Waals surface area contributed by atoms with Crippen LogP contribution in [-0.2, 0) is 9.59 Å². The molecule has 15 heavy (non-hydrogen) atoms. The third kappa shape index (κ3) is 2.47. The summed E-state index contributed by atoms with van der Waals surface area (Å²) in [6.07, 6.45) is -1.07. The maximum atomic E-state index is 11.5. The van der Waals surface area contributed by atoms with E-state index in [-0.39, 0.29) is 18.8 Å². The van der Waals surface area contributed by atoms with E-state index < -0.39 is 24.5 Å². The molecule has 0 aliphatic carbocycles. The Morgan fingerprint density at radius 1 is 1.53 bits per heavy atom. The summed E-state index contributed by atoms with van der Waals surface area (Å²) in [5, 5.41) is 17.7. The molecule has 1 unspecified atom stereocenters. The van der Waals surface area contributed by atoms with E-state index in [1.807, 2.05) is 0 Å². The largest absolute Gasteiger partial charge is 0.394 e. The SMILES string of the molecule is C=C1C(=O)N(CC(O)CO)CC(=O)N1Cl. The van der Waals surface area contributed by atoms with Crippen LogP contribution in [0.15, 0.2) is 12.3 Å². The van der Waals surface area contributed by atoms with Gasteiger partial charge in [0.15, 0.2) is 0 Å². The summed E-state index contributed by atoms with van der Waals surface area (Å²) in [6.45, 7) is 2.53. The molecule has 1 atom stereocenters. The molecule has 2 N–H and O–H groups in total. The van der Waals surface area contributed by atoms with Crippen molar-refractivity contribution in [3.05, 3.63) is 12.3 Å². The Balaban J connectivity index is 2.71. The molecular weight excluding hydrogens is 224 g/mol. The number of aliphatic hydroxyl groups excluding tert-OH is 2. The number of halogens is 1. The molecule has 0 spiro atoms. The molecule has 0 aromatic carbocycles. The molecule has 1 fully saturated rings. The van der Waals surface area contributed by atoms with Crippen molar-refractivity contribution in [2.24, 2.45) is 0 Å². The summed E-state index contributed by atoms with van der Waals surface area (Å²) < 4.78 is 0.657. The molecule has 0 radical (unpaired) electrons. The minimum Gasteiger partial charge on any atom is -0.394 e. The first-order valence-electron chi connectivity index (χ1n) is 4.23. The van der Waals surface area contributed by atoms with E-state index in [9.17, 15) is 9.59 Å². The van der Waals surface area contributed by atoms with Gasteiger partial charge in [0.25, 0.3) is 11.8 Å². The van der Waals surface area contributed by atoms with Gasteiger partial charge >= 0.3 is 0 Å². The molecule has 1 aliphatic rings. The Morgan fingerprint density at radius 2 is 2.13 bits per heavy atom. The van der Waals surface area contributed by atoms with Gasteiger partial charge in [0.2, 0.25) is 0 Å². The number of piperazine rings is 1. The fourth-order valence-corrected chi connectivity index (χ4v) is 1.30. The standard InChI is InChI=1S/C8H11ClN2O4/c1-5-8(15)10(2-6(13)4-12)3-7(14)11(5)9/h6,12-13H,1-4H2. The van der Waals surface area contributed by atoms with Crippen molar-refractivity contribution in [3.8, 4) is 0 Å². The monoisotopic (exact) mass is 234 g/mol. The molecule has 0 bridgehead atoms. The van der Waals surface area contributed by atoms with Crippen LogP contribution in [0, 0.1) is 0 Å². The molecule has 0 aromatic heterocycles. The van der Waals surface area contributed by atoms with Crippen molar-refractivity contribution in [2.75, 3.05) is 19.7 Å². The summed E-state index contributed by atoms with van der Waals surface area (Å²) in [7, 11) is 0. The highest BCUT2D eigenvalue weighted by Crippen LogP contribution is 2.16. The number of nitrogens with zero attached hydrogens (tertiary/aromatic N) is 2. The van der Waals surface area contributed by atoms with Crippen LogP contribution in [0.4, 0.5) is 0 Å². The Bertz CT molecular complexity index is 307. The van der Waals surface area contributed by atoms with Gasteiger partial charge in [0.05, 0.1) is 12.7 Å². The van der Waals surface area contributed by atoms with Crippen LogP contribution < -0.4 is 0 Å². The third-order valence-corrected chi connectivity index (χ3v) is 2.35. The third-order valence-electron chi connectivity index (χ3n) is 1.96. The van der Waals surface area contributed by atoms with Crippen LogP contribution in [0.5, 0.6) is 0 Å². The summed E-state index contributed by atoms with van der Waals surface area (Å²) in [5.74, 6) is -1.02. The van der Waals surface area contributed by atoms with E-state index in [1.54, 1.807) is 0 Å². The molecular formula is C8H11ClN2O4. The molecule has 1 saturated heterocycles. The predicted molar refractivity (Wildman–Crippen MR) is 51.5 cm³/mol. The van der Waals surface area contributed by atoms with Gasteiger partial charge < -0.3 is 15.1 Å². The fourth-order valence-electron chi connectivity index (χ4n) is 1.17. The second-order valence-corrected chi connectivity index (χ2v) is 3.48. The highest BCUT2D eigenvalue weighted by molar-refractivity contribution is 6.27. The van der Waals surface area contributed by atoms with Gasteiger partial charge in [-0.15, -0.1) is 0 Å². The molecule has 0 aromatic rings. The van der Waals surface area contributed by atoms with Crippen molar-refractivity contribution < 1.29 is 19.8 Å². The Hall–Kier alpha value is -1.11. The average Bonchev–Trinajstić information content (AvgIpc) is 2.22. The van der Waals surface area contributed by atoms with Gasteiger partial charge in [-0.3, -0.25) is 9.59 Å². The Kier molecular flexibility index (Phi) is 3.67. The Morgan fingerprint density at radius 3 is 2.67 bits per heavy atom. The lowest BCUT2D eigenvalue weighted by atomic mass is 10.2. The molecule has 1 heterocycles. The average molecular weight is 235 g/mol. The normalized spacial score (nSPS) is 19.8. The van der Waals surface area contributed by atoms with Crippen LogP contribution >= 0.6 is 11.8 Å².